The third kappa shape index (κ3) is 3.42. The molecule has 0 saturated carbocycles. The highest BCUT2D eigenvalue weighted by Gasteiger charge is 2.16. The molecule has 0 aliphatic rings. The predicted molar refractivity (Wildman–Crippen MR) is 74.4 cm³/mol. The average molecular weight is 300 g/mol. The molecule has 1 heterocycles. The van der Waals surface area contributed by atoms with E-state index in [2.05, 4.69) is 10.4 Å². The molecule has 1 aromatic carbocycles. The summed E-state index contributed by atoms with van der Waals surface area (Å²) in [6.45, 7) is 0. The number of nitrogens with zero attached hydrogens (tertiary/aromatic N) is 1. The van der Waals surface area contributed by atoms with Crippen LogP contribution in [0.2, 0.25) is 10.0 Å². The molecule has 100 valence electrons. The number of halogens is 3. The molecule has 0 bridgehead atoms. The number of nitrogens with two attached hydrogens (primary N) is 1. The van der Waals surface area contributed by atoms with Gasteiger partial charge in [-0.05, 0) is 35.7 Å². The molecule has 0 saturated heterocycles. The molecule has 0 aliphatic carbocycles. The van der Waals surface area contributed by atoms with Gasteiger partial charge in [0.15, 0.2) is 0 Å². The number of hydrogen-bond donors (Lipinski definition) is 2. The van der Waals surface area contributed by atoms with Gasteiger partial charge in [0, 0.05) is 17.4 Å². The summed E-state index contributed by atoms with van der Waals surface area (Å²) in [5.74, 6) is 5.16. The summed E-state index contributed by atoms with van der Waals surface area (Å²) >= 11 is 11.8. The second-order valence-corrected chi connectivity index (χ2v) is 4.90. The van der Waals surface area contributed by atoms with Gasteiger partial charge in [-0.1, -0.05) is 29.3 Å². The Morgan fingerprint density at radius 2 is 2.11 bits per heavy atom. The molecule has 0 fully saturated rings. The Balaban J connectivity index is 2.27. The van der Waals surface area contributed by atoms with E-state index in [1.165, 1.54) is 12.3 Å². The first-order chi connectivity index (χ1) is 9.11. The first-order valence-electron chi connectivity index (χ1n) is 5.61. The van der Waals surface area contributed by atoms with Gasteiger partial charge < -0.3 is 0 Å². The minimum atomic E-state index is -0.363. The zero-order chi connectivity index (χ0) is 13.8. The van der Waals surface area contributed by atoms with Crippen LogP contribution in [0.15, 0.2) is 36.7 Å². The van der Waals surface area contributed by atoms with Crippen molar-refractivity contribution in [3.8, 4) is 0 Å². The fourth-order valence-corrected chi connectivity index (χ4v) is 2.24. The molecule has 1 aromatic heterocycles. The number of aromatic nitrogens is 1. The number of hydrogen-bond acceptors (Lipinski definition) is 3. The summed E-state index contributed by atoms with van der Waals surface area (Å²) in [5.41, 5.74) is 3.92. The Morgan fingerprint density at radius 3 is 2.74 bits per heavy atom. The summed E-state index contributed by atoms with van der Waals surface area (Å²) in [6, 6.07) is 6.00. The molecule has 19 heavy (non-hydrogen) atoms. The lowest BCUT2D eigenvalue weighted by molar-refractivity contribution is 0.529. The molecule has 0 aliphatic heterocycles. The van der Waals surface area contributed by atoms with Crippen molar-refractivity contribution in [2.75, 3.05) is 0 Å². The molecule has 0 spiro atoms. The molecule has 3 nitrogen and oxygen atoms in total. The van der Waals surface area contributed by atoms with E-state index in [1.54, 1.807) is 24.4 Å². The van der Waals surface area contributed by atoms with Crippen LogP contribution in [0.3, 0.4) is 0 Å². The van der Waals surface area contributed by atoms with Crippen molar-refractivity contribution in [2.24, 2.45) is 5.84 Å². The monoisotopic (exact) mass is 299 g/mol. The Hall–Kier alpha value is -1.20. The molecular weight excluding hydrogens is 288 g/mol. The van der Waals surface area contributed by atoms with Gasteiger partial charge in [-0.2, -0.15) is 0 Å². The molecular formula is C13H12Cl2FN3. The normalized spacial score (nSPS) is 12.4. The van der Waals surface area contributed by atoms with Gasteiger partial charge in [0.1, 0.15) is 5.82 Å². The zero-order valence-electron chi connectivity index (χ0n) is 9.91. The van der Waals surface area contributed by atoms with Gasteiger partial charge in [-0.15, -0.1) is 0 Å². The van der Waals surface area contributed by atoms with Crippen LogP contribution in [0, 0.1) is 5.82 Å². The average Bonchev–Trinajstić information content (AvgIpc) is 2.39. The Bertz CT molecular complexity index is 578. The standard InChI is InChI=1S/C13H12Cl2FN3/c14-9-2-1-8(12(16)6-9)5-13(19-17)10-3-4-18-7-11(10)15/h1-4,6-7,13,19H,5,17H2. The number of rotatable bonds is 4. The Labute approximate surface area is 120 Å². The smallest absolute Gasteiger partial charge is 0.127 e. The quantitative estimate of drug-likeness (QED) is 0.673. The van der Waals surface area contributed by atoms with Crippen molar-refractivity contribution < 1.29 is 4.39 Å². The van der Waals surface area contributed by atoms with E-state index in [0.717, 1.165) is 5.56 Å². The van der Waals surface area contributed by atoms with Crippen molar-refractivity contribution >= 4 is 23.2 Å². The molecule has 2 rings (SSSR count). The van der Waals surface area contributed by atoms with Crippen molar-refractivity contribution in [2.45, 2.75) is 12.5 Å². The summed E-state index contributed by atoms with van der Waals surface area (Å²) in [5, 5.41) is 0.847. The maximum absolute atomic E-state index is 13.8. The third-order valence-corrected chi connectivity index (χ3v) is 3.37. The second-order valence-electron chi connectivity index (χ2n) is 4.06. The topological polar surface area (TPSA) is 50.9 Å². The highest BCUT2D eigenvalue weighted by Crippen LogP contribution is 2.26. The fraction of sp³-hybridized carbons (Fsp3) is 0.154. The molecule has 0 amide bonds. The largest absolute Gasteiger partial charge is 0.271 e. The molecule has 1 unspecified atom stereocenters. The lowest BCUT2D eigenvalue weighted by Gasteiger charge is -2.17. The lowest BCUT2D eigenvalue weighted by Crippen LogP contribution is -2.30. The first-order valence-corrected chi connectivity index (χ1v) is 6.37. The summed E-state index contributed by atoms with van der Waals surface area (Å²) in [4.78, 5) is 3.91. The van der Waals surface area contributed by atoms with Crippen LogP contribution in [0.5, 0.6) is 0 Å². The maximum atomic E-state index is 13.8. The van der Waals surface area contributed by atoms with E-state index in [1.807, 2.05) is 0 Å². The van der Waals surface area contributed by atoms with Gasteiger partial charge in [-0.25, -0.2) is 4.39 Å². The van der Waals surface area contributed by atoms with Crippen LogP contribution >= 0.6 is 23.2 Å². The summed E-state index contributed by atoms with van der Waals surface area (Å²) < 4.78 is 13.8. The number of hydrazine groups is 1. The SMILES string of the molecule is NNC(Cc1ccc(Cl)cc1F)c1ccncc1Cl. The highest BCUT2D eigenvalue weighted by molar-refractivity contribution is 6.31. The molecule has 1 atom stereocenters. The summed E-state index contributed by atoms with van der Waals surface area (Å²) in [7, 11) is 0. The van der Waals surface area contributed by atoms with Crippen molar-refractivity contribution in [1.29, 1.82) is 0 Å². The van der Waals surface area contributed by atoms with E-state index < -0.39 is 0 Å². The lowest BCUT2D eigenvalue weighted by atomic mass is 10.00. The summed E-state index contributed by atoms with van der Waals surface area (Å²) in [6.07, 6.45) is 3.51. The van der Waals surface area contributed by atoms with Crippen LogP contribution in [0.4, 0.5) is 4.39 Å². The van der Waals surface area contributed by atoms with Gasteiger partial charge in [-0.3, -0.25) is 16.3 Å². The minimum Gasteiger partial charge on any atom is -0.271 e. The number of pyridine rings is 1. The van der Waals surface area contributed by atoms with E-state index in [4.69, 9.17) is 29.0 Å². The van der Waals surface area contributed by atoms with Crippen molar-refractivity contribution in [3.05, 3.63) is 63.6 Å². The van der Waals surface area contributed by atoms with Gasteiger partial charge >= 0.3 is 0 Å². The van der Waals surface area contributed by atoms with E-state index in [9.17, 15) is 4.39 Å². The molecule has 2 aromatic rings. The van der Waals surface area contributed by atoms with Crippen LogP contribution < -0.4 is 11.3 Å². The number of nitrogens with one attached hydrogen (secondary N) is 1. The van der Waals surface area contributed by atoms with E-state index in [-0.39, 0.29) is 11.9 Å². The molecule has 3 N–H and O–H groups in total. The highest BCUT2D eigenvalue weighted by atomic mass is 35.5. The third-order valence-electron chi connectivity index (χ3n) is 2.82. The van der Waals surface area contributed by atoms with E-state index in [0.29, 0.717) is 22.0 Å². The van der Waals surface area contributed by atoms with Gasteiger partial charge in [0.05, 0.1) is 11.1 Å². The van der Waals surface area contributed by atoms with Crippen LogP contribution in [0.1, 0.15) is 17.2 Å². The predicted octanol–water partition coefficient (Wildman–Crippen LogP) is 3.27. The van der Waals surface area contributed by atoms with Gasteiger partial charge in [0.2, 0.25) is 0 Å². The second kappa shape index (κ2) is 6.30. The van der Waals surface area contributed by atoms with Crippen LogP contribution in [-0.4, -0.2) is 4.98 Å². The maximum Gasteiger partial charge on any atom is 0.127 e. The minimum absolute atomic E-state index is 0.300. The Kier molecular flexibility index (Phi) is 4.71. The Morgan fingerprint density at radius 1 is 1.32 bits per heavy atom. The molecule has 6 heteroatoms. The number of benzene rings is 1. The van der Waals surface area contributed by atoms with Gasteiger partial charge in [0.25, 0.3) is 0 Å². The van der Waals surface area contributed by atoms with Crippen LogP contribution in [-0.2, 0) is 6.42 Å². The van der Waals surface area contributed by atoms with Crippen molar-refractivity contribution in [1.82, 2.24) is 10.4 Å². The van der Waals surface area contributed by atoms with Crippen LogP contribution in [0.25, 0.3) is 0 Å². The first kappa shape index (κ1) is 14.2. The van der Waals surface area contributed by atoms with Crippen molar-refractivity contribution in [3.63, 3.8) is 0 Å². The fourth-order valence-electron chi connectivity index (χ4n) is 1.83. The van der Waals surface area contributed by atoms with E-state index >= 15 is 0 Å². The molecule has 0 radical (unpaired) electrons. The zero-order valence-corrected chi connectivity index (χ0v) is 11.4.